The van der Waals surface area contributed by atoms with E-state index in [0.29, 0.717) is 11.7 Å². The molecule has 1 rings (SSSR count). The van der Waals surface area contributed by atoms with Crippen molar-refractivity contribution in [1.82, 2.24) is 9.97 Å². The number of nitrogens with two attached hydrogens (primary N) is 1. The van der Waals surface area contributed by atoms with E-state index < -0.39 is 0 Å². The number of nitrogen functional groups attached to an aromatic ring is 1. The molecule has 0 saturated heterocycles. The normalized spacial score (nSPS) is 8.75. The summed E-state index contributed by atoms with van der Waals surface area (Å²) in [5, 5.41) is 8.38. The van der Waals surface area contributed by atoms with E-state index in [1.54, 1.807) is 0 Å². The van der Waals surface area contributed by atoms with Gasteiger partial charge in [-0.1, -0.05) is 0 Å². The zero-order valence-electron chi connectivity index (χ0n) is 6.30. The Labute approximate surface area is 76.0 Å². The second-order valence-corrected chi connectivity index (χ2v) is 1.85. The topological polar surface area (TPSA) is 81.3 Å². The van der Waals surface area contributed by atoms with E-state index in [-0.39, 0.29) is 25.6 Å². The lowest BCUT2D eigenvalue weighted by Gasteiger charge is -2.00. The molecule has 0 spiro atoms. The first-order valence-electron chi connectivity index (χ1n) is 3.14. The Balaban J connectivity index is 0.00000121. The summed E-state index contributed by atoms with van der Waals surface area (Å²) in [7, 11) is 0. The van der Waals surface area contributed by atoms with Crippen LogP contribution in [0.25, 0.3) is 0 Å². The minimum absolute atomic E-state index is 0. The SMILES string of the molecule is Cl.Nc1cnc(OCCO)cn1. The van der Waals surface area contributed by atoms with Crippen molar-refractivity contribution in [2.45, 2.75) is 0 Å². The van der Waals surface area contributed by atoms with E-state index in [9.17, 15) is 0 Å². The lowest BCUT2D eigenvalue weighted by Crippen LogP contribution is -2.03. The summed E-state index contributed by atoms with van der Waals surface area (Å²) in [6.45, 7) is 0.185. The van der Waals surface area contributed by atoms with Crippen molar-refractivity contribution in [3.05, 3.63) is 12.4 Å². The van der Waals surface area contributed by atoms with Crippen LogP contribution >= 0.6 is 12.4 Å². The van der Waals surface area contributed by atoms with Crippen molar-refractivity contribution < 1.29 is 9.84 Å². The van der Waals surface area contributed by atoms with Gasteiger partial charge in [0.1, 0.15) is 12.4 Å². The van der Waals surface area contributed by atoms with E-state index in [2.05, 4.69) is 9.97 Å². The van der Waals surface area contributed by atoms with Crippen molar-refractivity contribution in [2.75, 3.05) is 18.9 Å². The molecule has 68 valence electrons. The predicted molar refractivity (Wildman–Crippen MR) is 46.3 cm³/mol. The molecule has 1 aromatic heterocycles. The Morgan fingerprint density at radius 1 is 1.42 bits per heavy atom. The monoisotopic (exact) mass is 191 g/mol. The van der Waals surface area contributed by atoms with Crippen LogP contribution in [0.4, 0.5) is 5.82 Å². The van der Waals surface area contributed by atoms with E-state index in [1.807, 2.05) is 0 Å². The average molecular weight is 192 g/mol. The number of hydrogen-bond donors (Lipinski definition) is 2. The molecule has 0 aliphatic rings. The molecule has 5 nitrogen and oxygen atoms in total. The average Bonchev–Trinajstić information content (AvgIpc) is 2.04. The molecule has 0 aliphatic carbocycles. The highest BCUT2D eigenvalue weighted by atomic mass is 35.5. The van der Waals surface area contributed by atoms with Gasteiger partial charge in [-0.25, -0.2) is 9.97 Å². The Kier molecular flexibility index (Phi) is 5.07. The first-order valence-corrected chi connectivity index (χ1v) is 3.14. The number of aromatic nitrogens is 2. The number of nitrogens with zero attached hydrogens (tertiary/aromatic N) is 2. The fourth-order valence-corrected chi connectivity index (χ4v) is 0.551. The van der Waals surface area contributed by atoms with Crippen molar-refractivity contribution in [2.24, 2.45) is 0 Å². The summed E-state index contributed by atoms with van der Waals surface area (Å²) in [5.41, 5.74) is 5.28. The summed E-state index contributed by atoms with van der Waals surface area (Å²) in [6.07, 6.45) is 2.80. The Morgan fingerprint density at radius 2 is 2.17 bits per heavy atom. The van der Waals surface area contributed by atoms with Gasteiger partial charge in [0, 0.05) is 0 Å². The van der Waals surface area contributed by atoms with E-state index in [0.717, 1.165) is 0 Å². The molecule has 0 atom stereocenters. The van der Waals surface area contributed by atoms with E-state index in [4.69, 9.17) is 15.6 Å². The second kappa shape index (κ2) is 5.56. The van der Waals surface area contributed by atoms with Crippen LogP contribution in [-0.2, 0) is 0 Å². The Morgan fingerprint density at radius 3 is 2.67 bits per heavy atom. The molecule has 6 heteroatoms. The van der Waals surface area contributed by atoms with Crippen LogP contribution in [0.15, 0.2) is 12.4 Å². The van der Waals surface area contributed by atoms with Crippen LogP contribution in [0.3, 0.4) is 0 Å². The highest BCUT2D eigenvalue weighted by molar-refractivity contribution is 5.85. The zero-order chi connectivity index (χ0) is 8.10. The molecule has 0 amide bonds. The van der Waals surface area contributed by atoms with Gasteiger partial charge in [-0.05, 0) is 0 Å². The third-order valence-corrected chi connectivity index (χ3v) is 0.989. The summed E-state index contributed by atoms with van der Waals surface area (Å²) < 4.78 is 4.93. The minimum Gasteiger partial charge on any atom is -0.474 e. The third-order valence-electron chi connectivity index (χ3n) is 0.989. The fourth-order valence-electron chi connectivity index (χ4n) is 0.551. The summed E-state index contributed by atoms with van der Waals surface area (Å²) in [6, 6.07) is 0. The quantitative estimate of drug-likeness (QED) is 0.695. The molecule has 1 heterocycles. The number of halogens is 1. The lowest BCUT2D eigenvalue weighted by molar-refractivity contribution is 0.196. The molecule has 0 radical (unpaired) electrons. The molecule has 12 heavy (non-hydrogen) atoms. The van der Waals surface area contributed by atoms with Gasteiger partial charge in [-0.2, -0.15) is 0 Å². The molecule has 0 unspecified atom stereocenters. The number of aliphatic hydroxyl groups is 1. The number of aliphatic hydroxyl groups excluding tert-OH is 1. The summed E-state index contributed by atoms with van der Waals surface area (Å²) >= 11 is 0. The fraction of sp³-hybridized carbons (Fsp3) is 0.333. The molecule has 0 fully saturated rings. The van der Waals surface area contributed by atoms with Crippen LogP contribution in [0.5, 0.6) is 5.88 Å². The number of hydrogen-bond acceptors (Lipinski definition) is 5. The van der Waals surface area contributed by atoms with Gasteiger partial charge in [0.05, 0.1) is 19.0 Å². The van der Waals surface area contributed by atoms with Gasteiger partial charge in [0.2, 0.25) is 5.88 Å². The van der Waals surface area contributed by atoms with Crippen molar-refractivity contribution >= 4 is 18.2 Å². The van der Waals surface area contributed by atoms with Crippen LogP contribution in [0.1, 0.15) is 0 Å². The molecule has 0 aliphatic heterocycles. The molecule has 0 aromatic carbocycles. The highest BCUT2D eigenvalue weighted by Crippen LogP contribution is 2.03. The van der Waals surface area contributed by atoms with Crippen molar-refractivity contribution in [1.29, 1.82) is 0 Å². The molecular formula is C6H10ClN3O2. The summed E-state index contributed by atoms with van der Waals surface area (Å²) in [5.74, 6) is 0.717. The zero-order valence-corrected chi connectivity index (χ0v) is 7.12. The lowest BCUT2D eigenvalue weighted by atomic mass is 10.6. The van der Waals surface area contributed by atoms with Crippen molar-refractivity contribution in [3.63, 3.8) is 0 Å². The first-order chi connectivity index (χ1) is 5.33. The molecular weight excluding hydrogens is 182 g/mol. The molecule has 1 aromatic rings. The Hall–Kier alpha value is -1.07. The molecule has 3 N–H and O–H groups in total. The van der Waals surface area contributed by atoms with E-state index in [1.165, 1.54) is 12.4 Å². The number of ether oxygens (including phenoxy) is 1. The van der Waals surface area contributed by atoms with Crippen LogP contribution in [0, 0.1) is 0 Å². The van der Waals surface area contributed by atoms with E-state index >= 15 is 0 Å². The molecule has 0 saturated carbocycles. The highest BCUT2D eigenvalue weighted by Gasteiger charge is 1.93. The van der Waals surface area contributed by atoms with Gasteiger partial charge in [0.15, 0.2) is 0 Å². The largest absolute Gasteiger partial charge is 0.474 e. The maximum atomic E-state index is 8.38. The number of rotatable bonds is 3. The van der Waals surface area contributed by atoms with Crippen LogP contribution in [-0.4, -0.2) is 28.3 Å². The Bertz CT molecular complexity index is 217. The maximum absolute atomic E-state index is 8.38. The summed E-state index contributed by atoms with van der Waals surface area (Å²) in [4.78, 5) is 7.54. The first kappa shape index (κ1) is 10.9. The van der Waals surface area contributed by atoms with Gasteiger partial charge in [-0.3, -0.25) is 0 Å². The second-order valence-electron chi connectivity index (χ2n) is 1.85. The van der Waals surface area contributed by atoms with Crippen molar-refractivity contribution in [3.8, 4) is 5.88 Å². The maximum Gasteiger partial charge on any atom is 0.232 e. The van der Waals surface area contributed by atoms with Crippen LogP contribution in [0.2, 0.25) is 0 Å². The van der Waals surface area contributed by atoms with Crippen LogP contribution < -0.4 is 10.5 Å². The molecule has 0 bridgehead atoms. The smallest absolute Gasteiger partial charge is 0.232 e. The third kappa shape index (κ3) is 3.36. The van der Waals surface area contributed by atoms with Gasteiger partial charge < -0.3 is 15.6 Å². The standard InChI is InChI=1S/C6H9N3O2.ClH/c7-5-3-9-6(4-8-5)11-2-1-10;/h3-4,10H,1-2H2,(H2,7,8);1H. The van der Waals surface area contributed by atoms with Gasteiger partial charge in [0.25, 0.3) is 0 Å². The van der Waals surface area contributed by atoms with Gasteiger partial charge in [-0.15, -0.1) is 12.4 Å². The van der Waals surface area contributed by atoms with Gasteiger partial charge >= 0.3 is 0 Å². The predicted octanol–water partition coefficient (Wildman–Crippen LogP) is -0.148. The number of anilines is 1. The minimum atomic E-state index is -0.0357.